The highest BCUT2D eigenvalue weighted by molar-refractivity contribution is 6.01. The van der Waals surface area contributed by atoms with E-state index in [0.717, 1.165) is 10.9 Å². The number of phenolic OH excluding ortho intramolecular Hbond substituents is 1. The molecule has 0 saturated carbocycles. The van der Waals surface area contributed by atoms with Gasteiger partial charge in [-0.3, -0.25) is 0 Å². The zero-order valence-electron chi connectivity index (χ0n) is 12.2. The maximum absolute atomic E-state index is 9.82. The van der Waals surface area contributed by atoms with E-state index in [1.165, 1.54) is 5.39 Å². The van der Waals surface area contributed by atoms with E-state index in [4.69, 9.17) is 11.1 Å². The van der Waals surface area contributed by atoms with Gasteiger partial charge in [0.15, 0.2) is 0 Å². The van der Waals surface area contributed by atoms with Gasteiger partial charge in [-0.2, -0.15) is 0 Å². The molecule has 1 unspecified atom stereocenters. The van der Waals surface area contributed by atoms with Gasteiger partial charge in [0.2, 0.25) is 0 Å². The second-order valence-corrected chi connectivity index (χ2v) is 5.41. The van der Waals surface area contributed by atoms with Crippen LogP contribution in [0.3, 0.4) is 0 Å². The fourth-order valence-electron chi connectivity index (χ4n) is 2.61. The molecule has 3 rings (SSSR count). The van der Waals surface area contributed by atoms with Gasteiger partial charge in [0.05, 0.1) is 0 Å². The van der Waals surface area contributed by atoms with Crippen molar-refractivity contribution in [3.8, 4) is 5.75 Å². The summed E-state index contributed by atoms with van der Waals surface area (Å²) in [5.74, 6) is 0.123. The Labute approximate surface area is 129 Å². The van der Waals surface area contributed by atoms with E-state index in [2.05, 4.69) is 18.2 Å². The van der Waals surface area contributed by atoms with Gasteiger partial charge in [-0.1, -0.05) is 48.5 Å². The number of phenols is 1. The molecular formula is C19H18N2O. The highest BCUT2D eigenvalue weighted by Crippen LogP contribution is 2.24. The summed E-state index contributed by atoms with van der Waals surface area (Å²) in [6.45, 7) is 0. The lowest BCUT2D eigenvalue weighted by molar-refractivity contribution is 0.474. The van der Waals surface area contributed by atoms with Crippen molar-refractivity contribution in [2.75, 3.05) is 0 Å². The average molecular weight is 290 g/mol. The van der Waals surface area contributed by atoms with Crippen LogP contribution in [-0.2, 0) is 0 Å². The standard InChI is InChI=1S/C19H18N2O/c20-17(12-18(21)16-7-3-4-8-19(16)22)15-10-9-13-5-1-2-6-14(13)11-15/h1-11,17,21-22H,12,20H2. The molecule has 1 atom stereocenters. The number of hydrogen-bond acceptors (Lipinski definition) is 3. The highest BCUT2D eigenvalue weighted by atomic mass is 16.3. The molecule has 3 aromatic rings. The third kappa shape index (κ3) is 2.85. The monoisotopic (exact) mass is 290 g/mol. The average Bonchev–Trinajstić information content (AvgIpc) is 2.54. The van der Waals surface area contributed by atoms with E-state index in [9.17, 15) is 5.11 Å². The van der Waals surface area contributed by atoms with Gasteiger partial charge in [0, 0.05) is 23.7 Å². The van der Waals surface area contributed by atoms with Crippen LogP contribution in [0.2, 0.25) is 0 Å². The van der Waals surface area contributed by atoms with Crippen molar-refractivity contribution >= 4 is 16.5 Å². The number of rotatable bonds is 4. The SMILES string of the molecule is N=C(CC(N)c1ccc2ccccc2c1)c1ccccc1O. The maximum atomic E-state index is 9.82. The van der Waals surface area contributed by atoms with Crippen molar-refractivity contribution < 1.29 is 5.11 Å². The van der Waals surface area contributed by atoms with Gasteiger partial charge in [-0.25, -0.2) is 0 Å². The van der Waals surface area contributed by atoms with Crippen LogP contribution in [0.15, 0.2) is 66.7 Å². The second-order valence-electron chi connectivity index (χ2n) is 5.41. The van der Waals surface area contributed by atoms with Crippen LogP contribution in [0.25, 0.3) is 10.8 Å². The van der Waals surface area contributed by atoms with E-state index in [-0.39, 0.29) is 11.8 Å². The van der Waals surface area contributed by atoms with Crippen molar-refractivity contribution in [1.82, 2.24) is 0 Å². The Morgan fingerprint density at radius 1 is 0.955 bits per heavy atom. The molecule has 0 aromatic heterocycles. The molecule has 0 aliphatic rings. The minimum atomic E-state index is -0.267. The zero-order valence-corrected chi connectivity index (χ0v) is 12.2. The lowest BCUT2D eigenvalue weighted by atomic mass is 9.96. The fraction of sp³-hybridized carbons (Fsp3) is 0.105. The number of nitrogens with one attached hydrogen (secondary N) is 1. The van der Waals surface area contributed by atoms with Crippen LogP contribution < -0.4 is 5.73 Å². The van der Waals surface area contributed by atoms with Gasteiger partial charge >= 0.3 is 0 Å². The Morgan fingerprint density at radius 3 is 2.41 bits per heavy atom. The van der Waals surface area contributed by atoms with Crippen molar-refractivity contribution in [2.45, 2.75) is 12.5 Å². The first-order valence-corrected chi connectivity index (χ1v) is 7.25. The number of hydrogen-bond donors (Lipinski definition) is 3. The first-order chi connectivity index (χ1) is 10.6. The molecule has 0 aliphatic carbocycles. The molecule has 110 valence electrons. The Bertz CT molecular complexity index is 826. The lowest BCUT2D eigenvalue weighted by Crippen LogP contribution is -2.15. The van der Waals surface area contributed by atoms with E-state index in [1.54, 1.807) is 18.2 Å². The van der Waals surface area contributed by atoms with Crippen LogP contribution in [0.1, 0.15) is 23.6 Å². The topological polar surface area (TPSA) is 70.1 Å². The zero-order chi connectivity index (χ0) is 15.5. The molecule has 0 amide bonds. The van der Waals surface area contributed by atoms with Crippen molar-refractivity contribution in [3.63, 3.8) is 0 Å². The Kier molecular flexibility index (Phi) is 3.90. The Morgan fingerprint density at radius 2 is 1.64 bits per heavy atom. The summed E-state index contributed by atoms with van der Waals surface area (Å²) in [4.78, 5) is 0. The van der Waals surface area contributed by atoms with Crippen LogP contribution >= 0.6 is 0 Å². The van der Waals surface area contributed by atoms with E-state index in [0.29, 0.717) is 17.7 Å². The minimum Gasteiger partial charge on any atom is -0.507 e. The Balaban J connectivity index is 1.82. The third-order valence-electron chi connectivity index (χ3n) is 3.85. The van der Waals surface area contributed by atoms with Gasteiger partial charge < -0.3 is 16.2 Å². The highest BCUT2D eigenvalue weighted by Gasteiger charge is 2.13. The predicted octanol–water partition coefficient (Wildman–Crippen LogP) is 4.00. The smallest absolute Gasteiger partial charge is 0.124 e. The van der Waals surface area contributed by atoms with E-state index in [1.807, 2.05) is 30.3 Å². The summed E-state index contributed by atoms with van der Waals surface area (Å²) < 4.78 is 0. The second kappa shape index (κ2) is 6.00. The fourth-order valence-corrected chi connectivity index (χ4v) is 2.61. The molecule has 0 fully saturated rings. The predicted molar refractivity (Wildman–Crippen MR) is 90.4 cm³/mol. The number of benzene rings is 3. The number of fused-ring (bicyclic) bond motifs is 1. The first-order valence-electron chi connectivity index (χ1n) is 7.25. The largest absolute Gasteiger partial charge is 0.507 e. The Hall–Kier alpha value is -2.65. The summed E-state index contributed by atoms with van der Waals surface area (Å²) in [5.41, 5.74) is 8.14. The number of nitrogens with two attached hydrogens (primary N) is 1. The molecule has 3 nitrogen and oxygen atoms in total. The maximum Gasteiger partial charge on any atom is 0.124 e. The van der Waals surface area contributed by atoms with E-state index < -0.39 is 0 Å². The van der Waals surface area contributed by atoms with Crippen molar-refractivity contribution in [3.05, 3.63) is 77.9 Å². The van der Waals surface area contributed by atoms with Crippen LogP contribution in [-0.4, -0.2) is 10.8 Å². The van der Waals surface area contributed by atoms with Gasteiger partial charge in [0.1, 0.15) is 5.75 Å². The van der Waals surface area contributed by atoms with E-state index >= 15 is 0 Å². The quantitative estimate of drug-likeness (QED) is 0.635. The molecule has 3 aromatic carbocycles. The number of aromatic hydroxyl groups is 1. The first kappa shape index (κ1) is 14.3. The minimum absolute atomic E-state index is 0.123. The summed E-state index contributed by atoms with van der Waals surface area (Å²) in [6, 6.07) is 20.9. The summed E-state index contributed by atoms with van der Waals surface area (Å²) in [7, 11) is 0. The molecule has 0 radical (unpaired) electrons. The van der Waals surface area contributed by atoms with Gasteiger partial charge in [-0.15, -0.1) is 0 Å². The van der Waals surface area contributed by atoms with Crippen molar-refractivity contribution in [1.29, 1.82) is 5.41 Å². The molecule has 0 bridgehead atoms. The molecule has 0 aliphatic heterocycles. The molecule has 0 spiro atoms. The van der Waals surface area contributed by atoms with Crippen LogP contribution in [0.4, 0.5) is 0 Å². The summed E-state index contributed by atoms with van der Waals surface area (Å²) >= 11 is 0. The molecule has 0 heterocycles. The van der Waals surface area contributed by atoms with Crippen LogP contribution in [0.5, 0.6) is 5.75 Å². The van der Waals surface area contributed by atoms with Gasteiger partial charge in [0.25, 0.3) is 0 Å². The summed E-state index contributed by atoms with van der Waals surface area (Å²) in [6.07, 6.45) is 0.385. The summed E-state index contributed by atoms with van der Waals surface area (Å²) in [5, 5.41) is 20.3. The molecule has 3 heteroatoms. The molecule has 0 saturated heterocycles. The van der Waals surface area contributed by atoms with Crippen molar-refractivity contribution in [2.24, 2.45) is 5.73 Å². The number of para-hydroxylation sites is 1. The molecule has 22 heavy (non-hydrogen) atoms. The molecule has 4 N–H and O–H groups in total. The van der Waals surface area contributed by atoms with Crippen LogP contribution in [0, 0.1) is 5.41 Å². The third-order valence-corrected chi connectivity index (χ3v) is 3.85. The van der Waals surface area contributed by atoms with Gasteiger partial charge in [-0.05, 0) is 34.5 Å². The normalized spacial score (nSPS) is 12.2. The molecular weight excluding hydrogens is 272 g/mol. The lowest BCUT2D eigenvalue weighted by Gasteiger charge is -2.14.